The van der Waals surface area contributed by atoms with Crippen LogP contribution in [0.25, 0.3) is 11.1 Å². The molecule has 2 amide bonds. The molecule has 5 rings (SSSR count). The molecule has 0 spiro atoms. The number of methoxy groups -OCH3 is 1. The molecule has 7 nitrogen and oxygen atoms in total. The molecule has 0 aromatic heterocycles. The summed E-state index contributed by atoms with van der Waals surface area (Å²) in [7, 11) is 1.40. The van der Waals surface area contributed by atoms with Crippen molar-refractivity contribution in [1.82, 2.24) is 5.32 Å². The van der Waals surface area contributed by atoms with E-state index in [0.29, 0.717) is 19.6 Å². The van der Waals surface area contributed by atoms with Gasteiger partial charge in [-0.1, -0.05) is 43.5 Å². The van der Waals surface area contributed by atoms with Crippen LogP contribution in [0.3, 0.4) is 0 Å². The Morgan fingerprint density at radius 2 is 1.75 bits per heavy atom. The van der Waals surface area contributed by atoms with E-state index in [1.807, 2.05) is 36.4 Å². The van der Waals surface area contributed by atoms with Gasteiger partial charge in [-0.15, -0.1) is 0 Å². The highest BCUT2D eigenvalue weighted by molar-refractivity contribution is 5.90. The van der Waals surface area contributed by atoms with Crippen molar-refractivity contribution in [3.05, 3.63) is 76.9 Å². The van der Waals surface area contributed by atoms with Crippen LogP contribution >= 0.6 is 0 Å². The predicted octanol–water partition coefficient (Wildman–Crippen LogP) is 7.04. The fourth-order valence-electron chi connectivity index (χ4n) is 5.87. The van der Waals surface area contributed by atoms with Crippen molar-refractivity contribution in [2.45, 2.75) is 70.9 Å². The molecular formula is C33H38N2O5. The van der Waals surface area contributed by atoms with Gasteiger partial charge in [0.25, 0.3) is 0 Å². The third-order valence-electron chi connectivity index (χ3n) is 7.86. The van der Waals surface area contributed by atoms with Gasteiger partial charge in [0.2, 0.25) is 0 Å². The molecule has 2 N–H and O–H groups in total. The molecule has 210 valence electrons. The highest BCUT2D eigenvalue weighted by Crippen LogP contribution is 2.38. The van der Waals surface area contributed by atoms with Gasteiger partial charge in [-0.3, -0.25) is 4.79 Å². The number of benzene rings is 3. The second-order valence-corrected chi connectivity index (χ2v) is 10.9. The zero-order valence-electron chi connectivity index (χ0n) is 23.5. The average molecular weight is 543 g/mol. The smallest absolute Gasteiger partial charge is 0.319 e. The van der Waals surface area contributed by atoms with Crippen molar-refractivity contribution >= 4 is 17.7 Å². The van der Waals surface area contributed by atoms with E-state index in [4.69, 9.17) is 14.2 Å². The van der Waals surface area contributed by atoms with Crippen molar-refractivity contribution < 1.29 is 23.8 Å². The molecule has 1 fully saturated rings. The van der Waals surface area contributed by atoms with E-state index in [1.54, 1.807) is 0 Å². The third-order valence-corrected chi connectivity index (χ3v) is 7.86. The lowest BCUT2D eigenvalue weighted by Gasteiger charge is -2.23. The molecule has 1 aliphatic carbocycles. The van der Waals surface area contributed by atoms with E-state index in [2.05, 4.69) is 42.7 Å². The Kier molecular flexibility index (Phi) is 8.58. The Bertz CT molecular complexity index is 1360. The number of rotatable bonds is 8. The zero-order chi connectivity index (χ0) is 28.1. The van der Waals surface area contributed by atoms with E-state index in [9.17, 15) is 9.59 Å². The maximum absolute atomic E-state index is 12.6. The largest absolute Gasteiger partial charge is 0.492 e. The molecule has 0 saturated heterocycles. The monoisotopic (exact) mass is 542 g/mol. The normalized spacial score (nSPS) is 16.5. The topological polar surface area (TPSA) is 85.9 Å². The Morgan fingerprint density at radius 3 is 2.50 bits per heavy atom. The first-order chi connectivity index (χ1) is 19.4. The molecule has 1 saturated carbocycles. The number of amides is 2. The maximum atomic E-state index is 12.6. The summed E-state index contributed by atoms with van der Waals surface area (Å²) < 4.78 is 16.7. The van der Waals surface area contributed by atoms with E-state index >= 15 is 0 Å². The maximum Gasteiger partial charge on any atom is 0.319 e. The highest BCUT2D eigenvalue weighted by Gasteiger charge is 2.27. The van der Waals surface area contributed by atoms with Gasteiger partial charge in [-0.25, -0.2) is 4.79 Å². The number of fused-ring (bicyclic) bond motifs is 1. The van der Waals surface area contributed by atoms with Crippen molar-refractivity contribution in [2.24, 2.45) is 0 Å². The molecule has 7 heteroatoms. The number of hydrogen-bond donors (Lipinski definition) is 2. The van der Waals surface area contributed by atoms with E-state index in [1.165, 1.54) is 26.4 Å². The summed E-state index contributed by atoms with van der Waals surface area (Å²) in [6.07, 6.45) is 6.05. The van der Waals surface area contributed by atoms with Crippen LogP contribution < -0.4 is 20.1 Å². The van der Waals surface area contributed by atoms with Crippen LogP contribution in [-0.4, -0.2) is 31.8 Å². The van der Waals surface area contributed by atoms with Crippen LogP contribution in [0.5, 0.6) is 11.5 Å². The second kappa shape index (κ2) is 12.5. The van der Waals surface area contributed by atoms with Gasteiger partial charge in [0.15, 0.2) is 0 Å². The summed E-state index contributed by atoms with van der Waals surface area (Å²) in [5.41, 5.74) is 7.33. The summed E-state index contributed by atoms with van der Waals surface area (Å²) in [6.45, 7) is 5.03. The standard InChI is InChI=1S/C33H38N2O5/c1-21-14-27(35-33(37)34-26-10-5-4-6-11-26)15-22(2)32(21)24-9-7-8-23(16-24)19-39-28-12-13-29-25(17-31(36)38-3)20-40-30(29)18-28/h7-9,12-16,18,25-26H,4-6,10-11,17,19-20H2,1-3H3,(H2,34,35,37). The zero-order valence-corrected chi connectivity index (χ0v) is 23.5. The molecule has 1 aliphatic heterocycles. The minimum Gasteiger partial charge on any atom is -0.492 e. The molecule has 1 heterocycles. The fraction of sp³-hybridized carbons (Fsp3) is 0.394. The molecule has 0 radical (unpaired) electrons. The van der Waals surface area contributed by atoms with Crippen LogP contribution in [0.1, 0.15) is 66.7 Å². The van der Waals surface area contributed by atoms with E-state index < -0.39 is 0 Å². The first-order valence-electron chi connectivity index (χ1n) is 14.1. The minimum absolute atomic E-state index is 0.00696. The Hall–Kier alpha value is -4.00. The Morgan fingerprint density at radius 1 is 0.975 bits per heavy atom. The Balaban J connectivity index is 1.23. The van der Waals surface area contributed by atoms with Crippen molar-refractivity contribution in [1.29, 1.82) is 0 Å². The molecule has 3 aromatic rings. The lowest BCUT2D eigenvalue weighted by atomic mass is 9.94. The van der Waals surface area contributed by atoms with E-state index in [-0.39, 0.29) is 24.0 Å². The van der Waals surface area contributed by atoms with Crippen LogP contribution in [0.15, 0.2) is 54.6 Å². The summed E-state index contributed by atoms with van der Waals surface area (Å²) >= 11 is 0. The van der Waals surface area contributed by atoms with Crippen LogP contribution in [0.4, 0.5) is 10.5 Å². The molecule has 0 bridgehead atoms. The van der Waals surface area contributed by atoms with Gasteiger partial charge in [-0.05, 0) is 78.8 Å². The lowest BCUT2D eigenvalue weighted by Crippen LogP contribution is -2.39. The molecule has 1 atom stereocenters. The molecular weight excluding hydrogens is 504 g/mol. The average Bonchev–Trinajstić information content (AvgIpc) is 3.34. The molecule has 3 aromatic carbocycles. The lowest BCUT2D eigenvalue weighted by molar-refractivity contribution is -0.141. The number of urea groups is 1. The third kappa shape index (κ3) is 6.58. The number of nitrogens with one attached hydrogen (secondary N) is 2. The summed E-state index contributed by atoms with van der Waals surface area (Å²) in [5.74, 6) is 1.25. The number of anilines is 1. The van der Waals surface area contributed by atoms with Gasteiger partial charge in [0.1, 0.15) is 18.1 Å². The van der Waals surface area contributed by atoms with Gasteiger partial charge in [0.05, 0.1) is 20.1 Å². The van der Waals surface area contributed by atoms with Gasteiger partial charge in [-0.2, -0.15) is 0 Å². The van der Waals surface area contributed by atoms with Gasteiger partial charge >= 0.3 is 12.0 Å². The highest BCUT2D eigenvalue weighted by atomic mass is 16.5. The van der Waals surface area contributed by atoms with Crippen molar-refractivity contribution in [3.8, 4) is 22.6 Å². The number of carbonyl (C=O) groups excluding carboxylic acids is 2. The van der Waals surface area contributed by atoms with Crippen LogP contribution in [-0.2, 0) is 16.1 Å². The number of carbonyl (C=O) groups is 2. The van der Waals surface area contributed by atoms with Crippen molar-refractivity contribution in [2.75, 3.05) is 19.0 Å². The SMILES string of the molecule is COC(=O)CC1COc2cc(OCc3cccc(-c4c(C)cc(NC(=O)NC5CCCCC5)cc4C)c3)ccc21. The number of esters is 1. The van der Waals surface area contributed by atoms with Gasteiger partial charge in [0, 0.05) is 29.3 Å². The minimum atomic E-state index is -0.238. The molecule has 40 heavy (non-hydrogen) atoms. The van der Waals surface area contributed by atoms with Crippen LogP contribution in [0, 0.1) is 13.8 Å². The number of ether oxygens (including phenoxy) is 3. The number of hydrogen-bond acceptors (Lipinski definition) is 5. The van der Waals surface area contributed by atoms with E-state index in [0.717, 1.165) is 63.4 Å². The predicted molar refractivity (Wildman–Crippen MR) is 156 cm³/mol. The van der Waals surface area contributed by atoms with Gasteiger partial charge < -0.3 is 24.8 Å². The molecule has 2 aliphatic rings. The first-order valence-corrected chi connectivity index (χ1v) is 14.1. The van der Waals surface area contributed by atoms with Crippen molar-refractivity contribution in [3.63, 3.8) is 0 Å². The Labute approximate surface area is 236 Å². The fourth-order valence-corrected chi connectivity index (χ4v) is 5.87. The summed E-state index contributed by atoms with van der Waals surface area (Å²) in [5, 5.41) is 6.15. The summed E-state index contributed by atoms with van der Waals surface area (Å²) in [4.78, 5) is 24.2. The molecule has 1 unspecified atom stereocenters. The quantitative estimate of drug-likeness (QED) is 0.298. The first kappa shape index (κ1) is 27.6. The number of aryl methyl sites for hydroxylation is 2. The van der Waals surface area contributed by atoms with Crippen LogP contribution in [0.2, 0.25) is 0 Å². The second-order valence-electron chi connectivity index (χ2n) is 10.9. The summed E-state index contributed by atoms with van der Waals surface area (Å²) in [6, 6.07) is 18.3.